The third-order valence-electron chi connectivity index (χ3n) is 5.34. The van der Waals surface area contributed by atoms with Gasteiger partial charge in [0, 0.05) is 31.0 Å². The first-order chi connectivity index (χ1) is 10.8. The number of hydrogen-bond donors (Lipinski definition) is 0. The molecule has 2 saturated heterocycles. The highest BCUT2D eigenvalue weighted by Gasteiger charge is 2.42. The molecule has 1 unspecified atom stereocenters. The van der Waals surface area contributed by atoms with Crippen LogP contribution in [0, 0.1) is 5.92 Å². The third-order valence-corrected chi connectivity index (χ3v) is 6.32. The molecule has 3 aliphatic heterocycles. The van der Waals surface area contributed by atoms with Crippen LogP contribution in [-0.2, 0) is 26.3 Å². The van der Waals surface area contributed by atoms with Gasteiger partial charge in [0.15, 0.2) is 0 Å². The normalized spacial score (nSPS) is 27.6. The predicted octanol–water partition coefficient (Wildman–Crippen LogP) is 2.57. The molecular weight excluding hydrogens is 298 g/mol. The minimum absolute atomic E-state index is 0.0757. The standard InChI is InChI=1S/C17H23NO3S/c19-16(13-2-1-9-20-12-13)18-7-5-17(6-8-18)14-4-11-22-15(14)3-10-21-17/h4,11,13H,1-3,5-10,12H2. The van der Waals surface area contributed by atoms with Crippen molar-refractivity contribution in [1.29, 1.82) is 0 Å². The van der Waals surface area contributed by atoms with E-state index in [0.29, 0.717) is 6.61 Å². The van der Waals surface area contributed by atoms with Gasteiger partial charge in [-0.15, -0.1) is 11.3 Å². The van der Waals surface area contributed by atoms with E-state index < -0.39 is 0 Å². The van der Waals surface area contributed by atoms with E-state index in [2.05, 4.69) is 11.4 Å². The lowest BCUT2D eigenvalue weighted by atomic mass is 9.82. The number of nitrogens with zero attached hydrogens (tertiary/aromatic N) is 1. The summed E-state index contributed by atoms with van der Waals surface area (Å²) < 4.78 is 11.7. The lowest BCUT2D eigenvalue weighted by molar-refractivity contribution is -0.148. The lowest BCUT2D eigenvalue weighted by Crippen LogP contribution is -2.50. The predicted molar refractivity (Wildman–Crippen MR) is 85.0 cm³/mol. The Labute approximate surface area is 135 Å². The molecule has 4 nitrogen and oxygen atoms in total. The van der Waals surface area contributed by atoms with E-state index in [1.54, 1.807) is 0 Å². The minimum Gasteiger partial charge on any atom is -0.381 e. The van der Waals surface area contributed by atoms with Gasteiger partial charge in [0.1, 0.15) is 0 Å². The quantitative estimate of drug-likeness (QED) is 0.798. The number of ether oxygens (including phenoxy) is 2. The Balaban J connectivity index is 1.44. The Morgan fingerprint density at radius 3 is 2.95 bits per heavy atom. The Morgan fingerprint density at radius 1 is 1.32 bits per heavy atom. The monoisotopic (exact) mass is 321 g/mol. The maximum atomic E-state index is 12.6. The van der Waals surface area contributed by atoms with E-state index >= 15 is 0 Å². The number of carbonyl (C=O) groups excluding carboxylic acids is 1. The Kier molecular flexibility index (Phi) is 3.96. The van der Waals surface area contributed by atoms with Gasteiger partial charge in [0.2, 0.25) is 5.91 Å². The zero-order valence-electron chi connectivity index (χ0n) is 12.9. The number of hydrogen-bond acceptors (Lipinski definition) is 4. The van der Waals surface area contributed by atoms with Crippen molar-refractivity contribution in [3.05, 3.63) is 21.9 Å². The summed E-state index contributed by atoms with van der Waals surface area (Å²) in [4.78, 5) is 16.1. The smallest absolute Gasteiger partial charge is 0.228 e. The molecule has 0 bridgehead atoms. The van der Waals surface area contributed by atoms with E-state index in [9.17, 15) is 4.79 Å². The second-order valence-electron chi connectivity index (χ2n) is 6.59. The van der Waals surface area contributed by atoms with E-state index in [0.717, 1.165) is 58.4 Å². The van der Waals surface area contributed by atoms with Gasteiger partial charge in [0.05, 0.1) is 24.7 Å². The molecule has 5 heteroatoms. The number of piperidine rings is 1. The van der Waals surface area contributed by atoms with E-state index in [1.807, 2.05) is 16.2 Å². The maximum Gasteiger partial charge on any atom is 0.228 e. The molecule has 0 N–H and O–H groups in total. The molecule has 0 aliphatic carbocycles. The molecule has 4 heterocycles. The highest BCUT2D eigenvalue weighted by Crippen LogP contribution is 2.43. The van der Waals surface area contributed by atoms with E-state index in [1.165, 1.54) is 10.4 Å². The van der Waals surface area contributed by atoms with Gasteiger partial charge in [-0.3, -0.25) is 4.79 Å². The molecule has 1 aromatic rings. The number of likely N-dealkylation sites (tertiary alicyclic amines) is 1. The van der Waals surface area contributed by atoms with Crippen LogP contribution in [-0.4, -0.2) is 43.7 Å². The Morgan fingerprint density at radius 2 is 2.18 bits per heavy atom. The van der Waals surface area contributed by atoms with Crippen LogP contribution in [0.1, 0.15) is 36.1 Å². The van der Waals surface area contributed by atoms with Gasteiger partial charge in [-0.05, 0) is 42.7 Å². The first-order valence-corrected chi connectivity index (χ1v) is 9.24. The second-order valence-corrected chi connectivity index (χ2v) is 7.59. The number of carbonyl (C=O) groups is 1. The molecular formula is C17H23NO3S. The van der Waals surface area contributed by atoms with Crippen molar-refractivity contribution in [1.82, 2.24) is 4.90 Å². The van der Waals surface area contributed by atoms with Crippen LogP contribution in [0.3, 0.4) is 0 Å². The molecule has 1 spiro atoms. The molecule has 0 radical (unpaired) electrons. The molecule has 1 amide bonds. The van der Waals surface area contributed by atoms with Crippen LogP contribution in [0.2, 0.25) is 0 Å². The number of rotatable bonds is 1. The molecule has 2 fully saturated rings. The summed E-state index contributed by atoms with van der Waals surface area (Å²) in [5, 5.41) is 2.18. The van der Waals surface area contributed by atoms with Gasteiger partial charge in [-0.2, -0.15) is 0 Å². The summed E-state index contributed by atoms with van der Waals surface area (Å²) in [5.74, 6) is 0.364. The molecule has 3 aliphatic rings. The van der Waals surface area contributed by atoms with Crippen molar-refractivity contribution in [2.24, 2.45) is 5.92 Å². The molecule has 4 rings (SSSR count). The first kappa shape index (κ1) is 14.7. The van der Waals surface area contributed by atoms with Gasteiger partial charge in [-0.25, -0.2) is 0 Å². The molecule has 1 atom stereocenters. The van der Waals surface area contributed by atoms with Gasteiger partial charge in [-0.1, -0.05) is 0 Å². The van der Waals surface area contributed by atoms with Crippen molar-refractivity contribution in [3.63, 3.8) is 0 Å². The van der Waals surface area contributed by atoms with Crippen molar-refractivity contribution >= 4 is 17.2 Å². The highest BCUT2D eigenvalue weighted by atomic mass is 32.1. The van der Waals surface area contributed by atoms with E-state index in [4.69, 9.17) is 9.47 Å². The van der Waals surface area contributed by atoms with Crippen molar-refractivity contribution in [3.8, 4) is 0 Å². The fourth-order valence-electron chi connectivity index (χ4n) is 4.05. The number of amides is 1. The van der Waals surface area contributed by atoms with Crippen LogP contribution < -0.4 is 0 Å². The average Bonchev–Trinajstić information content (AvgIpc) is 3.06. The molecule has 120 valence electrons. The van der Waals surface area contributed by atoms with Crippen molar-refractivity contribution in [2.45, 2.75) is 37.7 Å². The molecule has 1 aromatic heterocycles. The topological polar surface area (TPSA) is 38.8 Å². The second kappa shape index (κ2) is 5.95. The summed E-state index contributed by atoms with van der Waals surface area (Å²) in [6, 6.07) is 2.23. The third kappa shape index (κ3) is 2.49. The van der Waals surface area contributed by atoms with Crippen LogP contribution >= 0.6 is 11.3 Å². The zero-order chi connectivity index (χ0) is 15.0. The van der Waals surface area contributed by atoms with Crippen LogP contribution in [0.25, 0.3) is 0 Å². The first-order valence-electron chi connectivity index (χ1n) is 8.36. The maximum absolute atomic E-state index is 12.6. The number of fused-ring (bicyclic) bond motifs is 2. The van der Waals surface area contributed by atoms with Gasteiger partial charge >= 0.3 is 0 Å². The van der Waals surface area contributed by atoms with Crippen LogP contribution in [0.5, 0.6) is 0 Å². The number of thiophene rings is 1. The summed E-state index contributed by atoms with van der Waals surface area (Å²) in [7, 11) is 0. The largest absolute Gasteiger partial charge is 0.381 e. The molecule has 0 saturated carbocycles. The van der Waals surface area contributed by atoms with Crippen molar-refractivity contribution in [2.75, 3.05) is 32.9 Å². The summed E-state index contributed by atoms with van der Waals surface area (Å²) >= 11 is 1.85. The summed E-state index contributed by atoms with van der Waals surface area (Å²) in [6.45, 7) is 3.85. The fourth-order valence-corrected chi connectivity index (χ4v) is 5.00. The highest BCUT2D eigenvalue weighted by molar-refractivity contribution is 7.10. The van der Waals surface area contributed by atoms with E-state index in [-0.39, 0.29) is 17.4 Å². The molecule has 0 aromatic carbocycles. The zero-order valence-corrected chi connectivity index (χ0v) is 13.7. The fraction of sp³-hybridized carbons (Fsp3) is 0.706. The lowest BCUT2D eigenvalue weighted by Gasteiger charge is -2.44. The van der Waals surface area contributed by atoms with Gasteiger partial charge in [0.25, 0.3) is 0 Å². The average molecular weight is 321 g/mol. The van der Waals surface area contributed by atoms with Crippen molar-refractivity contribution < 1.29 is 14.3 Å². The van der Waals surface area contributed by atoms with Crippen LogP contribution in [0.4, 0.5) is 0 Å². The summed E-state index contributed by atoms with van der Waals surface area (Å²) in [6.07, 6.45) is 4.88. The minimum atomic E-state index is -0.132. The Hall–Kier alpha value is -0.910. The van der Waals surface area contributed by atoms with Gasteiger partial charge < -0.3 is 14.4 Å². The molecule has 22 heavy (non-hydrogen) atoms. The SMILES string of the molecule is O=C(C1CCCOC1)N1CCC2(CC1)OCCc1sccc12. The van der Waals surface area contributed by atoms with Crippen LogP contribution in [0.15, 0.2) is 11.4 Å². The summed E-state index contributed by atoms with van der Waals surface area (Å²) in [5.41, 5.74) is 1.25. The Bertz CT molecular complexity index is 542.